The summed E-state index contributed by atoms with van der Waals surface area (Å²) in [4.78, 5) is 12.0. The molecule has 2 amide bonds. The molecule has 1 aromatic carbocycles. The third kappa shape index (κ3) is 4.73. The Morgan fingerprint density at radius 2 is 2.09 bits per heavy atom. The molecule has 1 heterocycles. The van der Waals surface area contributed by atoms with E-state index < -0.39 is 0 Å². The van der Waals surface area contributed by atoms with Gasteiger partial charge in [0.15, 0.2) is 0 Å². The van der Waals surface area contributed by atoms with Gasteiger partial charge in [-0.3, -0.25) is 0 Å². The van der Waals surface area contributed by atoms with E-state index in [0.29, 0.717) is 13.0 Å². The predicted molar refractivity (Wildman–Crippen MR) is 93.5 cm³/mol. The van der Waals surface area contributed by atoms with Crippen molar-refractivity contribution >= 4 is 16.9 Å². The van der Waals surface area contributed by atoms with Crippen molar-refractivity contribution in [2.45, 2.75) is 45.2 Å². The number of rotatable bonds is 8. The summed E-state index contributed by atoms with van der Waals surface area (Å²) in [5.74, 6) is 0. The van der Waals surface area contributed by atoms with Crippen LogP contribution in [0.15, 0.2) is 36.5 Å². The molecule has 0 spiro atoms. The molecule has 0 saturated carbocycles. The van der Waals surface area contributed by atoms with Crippen LogP contribution in [0, 0.1) is 0 Å². The van der Waals surface area contributed by atoms with Gasteiger partial charge in [0, 0.05) is 36.9 Å². The van der Waals surface area contributed by atoms with E-state index in [-0.39, 0.29) is 18.2 Å². The van der Waals surface area contributed by atoms with Gasteiger partial charge < -0.3 is 20.3 Å². The highest BCUT2D eigenvalue weighted by atomic mass is 16.3. The van der Waals surface area contributed by atoms with E-state index in [2.05, 4.69) is 39.6 Å². The van der Waals surface area contributed by atoms with Crippen LogP contribution in [-0.2, 0) is 6.54 Å². The molecule has 1 unspecified atom stereocenters. The molecule has 0 aliphatic rings. The Kier molecular flexibility index (Phi) is 6.04. The molecule has 0 fully saturated rings. The van der Waals surface area contributed by atoms with Crippen LogP contribution in [0.1, 0.15) is 33.1 Å². The zero-order valence-corrected chi connectivity index (χ0v) is 14.0. The summed E-state index contributed by atoms with van der Waals surface area (Å²) in [6.45, 7) is 5.53. The number of para-hydroxylation sites is 1. The number of aryl methyl sites for hydroxylation is 1. The lowest BCUT2D eigenvalue weighted by Crippen LogP contribution is -2.50. The van der Waals surface area contributed by atoms with Crippen molar-refractivity contribution in [3.05, 3.63) is 36.5 Å². The summed E-state index contributed by atoms with van der Waals surface area (Å²) in [5, 5.41) is 16.2. The van der Waals surface area contributed by atoms with Crippen LogP contribution < -0.4 is 10.6 Å². The van der Waals surface area contributed by atoms with Crippen LogP contribution >= 0.6 is 0 Å². The molecule has 126 valence electrons. The zero-order chi connectivity index (χ0) is 16.7. The predicted octanol–water partition coefficient (Wildman–Crippen LogP) is 2.88. The summed E-state index contributed by atoms with van der Waals surface area (Å²) in [6.07, 6.45) is 4.30. The third-order valence-corrected chi connectivity index (χ3v) is 4.40. The second kappa shape index (κ2) is 8.02. The number of hydrogen-bond donors (Lipinski definition) is 3. The highest BCUT2D eigenvalue weighted by molar-refractivity contribution is 5.79. The average molecular weight is 317 g/mol. The van der Waals surface area contributed by atoms with Gasteiger partial charge in [-0.05, 0) is 43.7 Å². The van der Waals surface area contributed by atoms with Crippen molar-refractivity contribution < 1.29 is 9.90 Å². The number of fused-ring (bicyclic) bond motifs is 1. The number of urea groups is 1. The van der Waals surface area contributed by atoms with Gasteiger partial charge in [-0.2, -0.15) is 0 Å². The maximum atomic E-state index is 12.0. The Morgan fingerprint density at radius 1 is 1.30 bits per heavy atom. The largest absolute Gasteiger partial charge is 0.396 e. The number of amides is 2. The molecule has 1 aromatic heterocycles. The SMILES string of the molecule is CCC(C)(CCO)NC(=O)NCCCn1ccc2ccccc21. The molecule has 0 radical (unpaired) electrons. The monoisotopic (exact) mass is 317 g/mol. The second-order valence-corrected chi connectivity index (χ2v) is 6.19. The van der Waals surface area contributed by atoms with Crippen LogP contribution in [-0.4, -0.2) is 34.4 Å². The van der Waals surface area contributed by atoms with Crippen LogP contribution in [0.25, 0.3) is 10.9 Å². The molecule has 1 atom stereocenters. The topological polar surface area (TPSA) is 66.3 Å². The fourth-order valence-corrected chi connectivity index (χ4v) is 2.68. The molecular formula is C18H27N3O2. The lowest BCUT2D eigenvalue weighted by molar-refractivity contribution is 0.201. The van der Waals surface area contributed by atoms with Gasteiger partial charge in [0.1, 0.15) is 0 Å². The number of carbonyl (C=O) groups is 1. The molecule has 0 bridgehead atoms. The van der Waals surface area contributed by atoms with Crippen molar-refractivity contribution in [2.75, 3.05) is 13.2 Å². The number of nitrogens with one attached hydrogen (secondary N) is 2. The van der Waals surface area contributed by atoms with E-state index >= 15 is 0 Å². The molecule has 2 aromatic rings. The van der Waals surface area contributed by atoms with Gasteiger partial charge in [-0.25, -0.2) is 4.79 Å². The number of hydrogen-bond acceptors (Lipinski definition) is 2. The minimum absolute atomic E-state index is 0.0747. The normalized spacial score (nSPS) is 13.7. The molecule has 0 aliphatic carbocycles. The third-order valence-electron chi connectivity index (χ3n) is 4.40. The van der Waals surface area contributed by atoms with E-state index in [1.54, 1.807) is 0 Å². The van der Waals surface area contributed by atoms with Crippen LogP contribution in [0.4, 0.5) is 4.79 Å². The standard InChI is InChI=1S/C18H27N3O2/c1-3-18(2,10-14-22)20-17(23)19-11-6-12-21-13-9-15-7-4-5-8-16(15)21/h4-5,7-9,13,22H,3,6,10-12,14H2,1-2H3,(H2,19,20,23). The van der Waals surface area contributed by atoms with Crippen LogP contribution in [0.3, 0.4) is 0 Å². The first kappa shape index (κ1) is 17.3. The van der Waals surface area contributed by atoms with Crippen molar-refractivity contribution in [2.24, 2.45) is 0 Å². The number of aromatic nitrogens is 1. The van der Waals surface area contributed by atoms with Crippen molar-refractivity contribution in [3.8, 4) is 0 Å². The Bertz CT molecular complexity index is 638. The van der Waals surface area contributed by atoms with Crippen LogP contribution in [0.5, 0.6) is 0 Å². The first-order valence-corrected chi connectivity index (χ1v) is 8.29. The van der Waals surface area contributed by atoms with Gasteiger partial charge in [-0.15, -0.1) is 0 Å². The first-order chi connectivity index (χ1) is 11.1. The quantitative estimate of drug-likeness (QED) is 0.655. The van der Waals surface area contributed by atoms with Gasteiger partial charge in [0.05, 0.1) is 0 Å². The van der Waals surface area contributed by atoms with Crippen LogP contribution in [0.2, 0.25) is 0 Å². The van der Waals surface area contributed by atoms with E-state index in [4.69, 9.17) is 5.11 Å². The smallest absolute Gasteiger partial charge is 0.315 e. The summed E-state index contributed by atoms with van der Waals surface area (Å²) in [5.41, 5.74) is 0.869. The van der Waals surface area contributed by atoms with E-state index in [1.165, 1.54) is 10.9 Å². The minimum Gasteiger partial charge on any atom is -0.396 e. The van der Waals surface area contributed by atoms with Gasteiger partial charge >= 0.3 is 6.03 Å². The molecule has 0 aliphatic heterocycles. The van der Waals surface area contributed by atoms with Crippen molar-refractivity contribution in [3.63, 3.8) is 0 Å². The summed E-state index contributed by atoms with van der Waals surface area (Å²) in [7, 11) is 0. The zero-order valence-electron chi connectivity index (χ0n) is 14.0. The maximum Gasteiger partial charge on any atom is 0.315 e. The minimum atomic E-state index is -0.352. The van der Waals surface area contributed by atoms with Crippen molar-refractivity contribution in [1.29, 1.82) is 0 Å². The molecule has 23 heavy (non-hydrogen) atoms. The van der Waals surface area contributed by atoms with E-state index in [9.17, 15) is 4.79 Å². The van der Waals surface area contributed by atoms with Crippen molar-refractivity contribution in [1.82, 2.24) is 15.2 Å². The fourth-order valence-electron chi connectivity index (χ4n) is 2.68. The lowest BCUT2D eigenvalue weighted by atomic mass is 9.95. The Labute approximate surface area is 137 Å². The number of aliphatic hydroxyl groups excluding tert-OH is 1. The fraction of sp³-hybridized carbons (Fsp3) is 0.500. The Balaban J connectivity index is 1.76. The summed E-state index contributed by atoms with van der Waals surface area (Å²) >= 11 is 0. The molecular weight excluding hydrogens is 290 g/mol. The molecule has 5 heteroatoms. The number of benzene rings is 1. The second-order valence-electron chi connectivity index (χ2n) is 6.19. The number of nitrogens with zero attached hydrogens (tertiary/aromatic N) is 1. The highest BCUT2D eigenvalue weighted by Gasteiger charge is 2.23. The van der Waals surface area contributed by atoms with E-state index in [0.717, 1.165) is 19.4 Å². The van der Waals surface area contributed by atoms with Gasteiger partial charge in [-0.1, -0.05) is 25.1 Å². The lowest BCUT2D eigenvalue weighted by Gasteiger charge is -2.29. The van der Waals surface area contributed by atoms with Gasteiger partial charge in [0.2, 0.25) is 0 Å². The molecule has 2 rings (SSSR count). The number of aliphatic hydroxyl groups is 1. The Hall–Kier alpha value is -2.01. The van der Waals surface area contributed by atoms with Gasteiger partial charge in [0.25, 0.3) is 0 Å². The molecule has 5 nitrogen and oxygen atoms in total. The summed E-state index contributed by atoms with van der Waals surface area (Å²) in [6, 6.07) is 10.2. The highest BCUT2D eigenvalue weighted by Crippen LogP contribution is 2.15. The number of carbonyl (C=O) groups excluding carboxylic acids is 1. The molecule has 3 N–H and O–H groups in total. The Morgan fingerprint density at radius 3 is 2.83 bits per heavy atom. The summed E-state index contributed by atoms with van der Waals surface area (Å²) < 4.78 is 2.21. The maximum absolute atomic E-state index is 12.0. The average Bonchev–Trinajstić information content (AvgIpc) is 2.95. The molecule has 0 saturated heterocycles. The van der Waals surface area contributed by atoms with E-state index in [1.807, 2.05) is 26.0 Å². The first-order valence-electron chi connectivity index (χ1n) is 8.29.